The highest BCUT2D eigenvalue weighted by atomic mass is 16.5. The zero-order chi connectivity index (χ0) is 11.3. The molecule has 0 aliphatic heterocycles. The second kappa shape index (κ2) is 4.84. The van der Waals surface area contributed by atoms with Gasteiger partial charge in [-0.1, -0.05) is 12.1 Å². The number of nitriles is 1. The minimum atomic E-state index is -0.159. The Kier molecular flexibility index (Phi) is 3.74. The standard InChI is InChI=1S/C13H17NO/c1-13(2,3)15-12-8-6-11(7-9-12)5-4-10-14/h6-9H,4-5H2,1-3H3. The summed E-state index contributed by atoms with van der Waals surface area (Å²) in [7, 11) is 0. The Morgan fingerprint density at radius 3 is 2.27 bits per heavy atom. The molecule has 0 atom stereocenters. The lowest BCUT2D eigenvalue weighted by molar-refractivity contribution is 0.131. The van der Waals surface area contributed by atoms with Gasteiger partial charge in [0.1, 0.15) is 11.4 Å². The first-order chi connectivity index (χ1) is 7.01. The number of hydrogen-bond acceptors (Lipinski definition) is 2. The summed E-state index contributed by atoms with van der Waals surface area (Å²) in [5.74, 6) is 0.878. The van der Waals surface area contributed by atoms with Crippen LogP contribution >= 0.6 is 0 Å². The van der Waals surface area contributed by atoms with Gasteiger partial charge >= 0.3 is 0 Å². The van der Waals surface area contributed by atoms with Crippen LogP contribution in [-0.4, -0.2) is 5.60 Å². The fourth-order valence-electron chi connectivity index (χ4n) is 1.28. The summed E-state index contributed by atoms with van der Waals surface area (Å²) in [6.07, 6.45) is 1.38. The predicted octanol–water partition coefficient (Wildman–Crippen LogP) is 3.32. The minimum Gasteiger partial charge on any atom is -0.488 e. The zero-order valence-electron chi connectivity index (χ0n) is 9.58. The molecule has 1 aromatic carbocycles. The van der Waals surface area contributed by atoms with E-state index in [0.717, 1.165) is 12.2 Å². The van der Waals surface area contributed by atoms with Gasteiger partial charge in [-0.15, -0.1) is 0 Å². The Morgan fingerprint density at radius 1 is 1.20 bits per heavy atom. The highest BCUT2D eigenvalue weighted by molar-refractivity contribution is 5.28. The van der Waals surface area contributed by atoms with Crippen LogP contribution in [0.25, 0.3) is 0 Å². The van der Waals surface area contributed by atoms with Gasteiger partial charge in [0.15, 0.2) is 0 Å². The first-order valence-electron chi connectivity index (χ1n) is 5.16. The Morgan fingerprint density at radius 2 is 1.80 bits per heavy atom. The fourth-order valence-corrected chi connectivity index (χ4v) is 1.28. The largest absolute Gasteiger partial charge is 0.488 e. The topological polar surface area (TPSA) is 33.0 Å². The molecule has 1 aromatic rings. The van der Waals surface area contributed by atoms with Crippen molar-refractivity contribution in [3.63, 3.8) is 0 Å². The van der Waals surface area contributed by atoms with E-state index in [4.69, 9.17) is 10.00 Å². The lowest BCUT2D eigenvalue weighted by Crippen LogP contribution is -2.22. The number of rotatable bonds is 3. The SMILES string of the molecule is CC(C)(C)Oc1ccc(CCC#N)cc1. The van der Waals surface area contributed by atoms with Gasteiger partial charge in [0, 0.05) is 6.42 Å². The quantitative estimate of drug-likeness (QED) is 0.755. The summed E-state index contributed by atoms with van der Waals surface area (Å²) in [5.41, 5.74) is 1.02. The normalized spacial score (nSPS) is 10.8. The molecule has 0 saturated heterocycles. The average Bonchev–Trinajstić information content (AvgIpc) is 2.14. The third-order valence-corrected chi connectivity index (χ3v) is 1.87. The van der Waals surface area contributed by atoms with Gasteiger partial charge in [0.25, 0.3) is 0 Å². The van der Waals surface area contributed by atoms with Gasteiger partial charge in [0.05, 0.1) is 6.07 Å². The smallest absolute Gasteiger partial charge is 0.120 e. The molecule has 0 spiro atoms. The van der Waals surface area contributed by atoms with E-state index in [2.05, 4.69) is 6.07 Å². The number of ether oxygens (including phenoxy) is 1. The molecule has 1 rings (SSSR count). The highest BCUT2D eigenvalue weighted by Crippen LogP contribution is 2.18. The molecule has 0 aliphatic carbocycles. The van der Waals surface area contributed by atoms with Crippen molar-refractivity contribution in [1.82, 2.24) is 0 Å². The van der Waals surface area contributed by atoms with Gasteiger partial charge in [-0.2, -0.15) is 5.26 Å². The lowest BCUT2D eigenvalue weighted by Gasteiger charge is -2.21. The van der Waals surface area contributed by atoms with E-state index in [-0.39, 0.29) is 5.60 Å². The lowest BCUT2D eigenvalue weighted by atomic mass is 10.1. The highest BCUT2D eigenvalue weighted by Gasteiger charge is 2.11. The fraction of sp³-hybridized carbons (Fsp3) is 0.462. The van der Waals surface area contributed by atoms with Crippen molar-refractivity contribution in [1.29, 1.82) is 5.26 Å². The van der Waals surface area contributed by atoms with E-state index in [9.17, 15) is 0 Å². The first-order valence-corrected chi connectivity index (χ1v) is 5.16. The molecule has 0 radical (unpaired) electrons. The van der Waals surface area contributed by atoms with Crippen molar-refractivity contribution in [2.45, 2.75) is 39.2 Å². The van der Waals surface area contributed by atoms with Crippen molar-refractivity contribution < 1.29 is 4.74 Å². The molecule has 0 bridgehead atoms. The van der Waals surface area contributed by atoms with Gasteiger partial charge in [-0.3, -0.25) is 0 Å². The Bertz CT molecular complexity index is 340. The van der Waals surface area contributed by atoms with Crippen LogP contribution in [0.15, 0.2) is 24.3 Å². The van der Waals surface area contributed by atoms with Gasteiger partial charge < -0.3 is 4.74 Å². The molecule has 2 nitrogen and oxygen atoms in total. The average molecular weight is 203 g/mol. The second-order valence-corrected chi connectivity index (χ2v) is 4.52. The molecule has 0 fully saturated rings. The van der Waals surface area contributed by atoms with Crippen LogP contribution in [0.1, 0.15) is 32.8 Å². The van der Waals surface area contributed by atoms with Crippen molar-refractivity contribution in [2.75, 3.05) is 0 Å². The molecule has 0 aliphatic rings. The molecule has 0 amide bonds. The van der Waals surface area contributed by atoms with E-state index in [0.29, 0.717) is 6.42 Å². The van der Waals surface area contributed by atoms with Crippen LogP contribution in [0, 0.1) is 11.3 Å². The summed E-state index contributed by atoms with van der Waals surface area (Å²) in [6.45, 7) is 6.07. The maximum absolute atomic E-state index is 8.46. The molecule has 0 aromatic heterocycles. The summed E-state index contributed by atoms with van der Waals surface area (Å²) in [4.78, 5) is 0. The van der Waals surface area contributed by atoms with Gasteiger partial charge in [-0.05, 0) is 44.9 Å². The number of nitrogens with zero attached hydrogens (tertiary/aromatic N) is 1. The van der Waals surface area contributed by atoms with E-state index < -0.39 is 0 Å². The van der Waals surface area contributed by atoms with Crippen LogP contribution in [-0.2, 0) is 6.42 Å². The van der Waals surface area contributed by atoms with E-state index in [1.54, 1.807) is 0 Å². The molecule has 80 valence electrons. The first kappa shape index (κ1) is 11.6. The van der Waals surface area contributed by atoms with Gasteiger partial charge in [0.2, 0.25) is 0 Å². The number of aryl methyl sites for hydroxylation is 1. The maximum atomic E-state index is 8.46. The van der Waals surface area contributed by atoms with Crippen molar-refractivity contribution in [2.24, 2.45) is 0 Å². The van der Waals surface area contributed by atoms with Crippen molar-refractivity contribution >= 4 is 0 Å². The summed E-state index contributed by atoms with van der Waals surface area (Å²) < 4.78 is 5.70. The summed E-state index contributed by atoms with van der Waals surface area (Å²) >= 11 is 0. The van der Waals surface area contributed by atoms with E-state index >= 15 is 0 Å². The molecule has 15 heavy (non-hydrogen) atoms. The summed E-state index contributed by atoms with van der Waals surface area (Å²) in [5, 5.41) is 8.46. The Hall–Kier alpha value is -1.49. The van der Waals surface area contributed by atoms with E-state index in [1.165, 1.54) is 5.56 Å². The monoisotopic (exact) mass is 203 g/mol. The van der Waals surface area contributed by atoms with Crippen LogP contribution in [0.2, 0.25) is 0 Å². The Balaban J connectivity index is 2.61. The third kappa shape index (κ3) is 4.51. The molecular weight excluding hydrogens is 186 g/mol. The van der Waals surface area contributed by atoms with Crippen LogP contribution in [0.3, 0.4) is 0 Å². The Labute approximate surface area is 91.5 Å². The number of benzene rings is 1. The predicted molar refractivity (Wildman–Crippen MR) is 60.8 cm³/mol. The van der Waals surface area contributed by atoms with Crippen LogP contribution < -0.4 is 4.74 Å². The number of hydrogen-bond donors (Lipinski definition) is 0. The van der Waals surface area contributed by atoms with Gasteiger partial charge in [-0.25, -0.2) is 0 Å². The maximum Gasteiger partial charge on any atom is 0.120 e. The van der Waals surface area contributed by atoms with Crippen molar-refractivity contribution in [3.05, 3.63) is 29.8 Å². The van der Waals surface area contributed by atoms with E-state index in [1.807, 2.05) is 45.0 Å². The van der Waals surface area contributed by atoms with Crippen molar-refractivity contribution in [3.8, 4) is 11.8 Å². The molecule has 0 heterocycles. The minimum absolute atomic E-state index is 0.159. The molecule has 0 N–H and O–H groups in total. The second-order valence-electron chi connectivity index (χ2n) is 4.52. The molecule has 2 heteroatoms. The van der Waals surface area contributed by atoms with Crippen LogP contribution in [0.5, 0.6) is 5.75 Å². The molecule has 0 saturated carbocycles. The van der Waals surface area contributed by atoms with Crippen LogP contribution in [0.4, 0.5) is 0 Å². The zero-order valence-corrected chi connectivity index (χ0v) is 9.58. The third-order valence-electron chi connectivity index (χ3n) is 1.87. The summed E-state index contributed by atoms with van der Waals surface area (Å²) in [6, 6.07) is 10.1. The molecular formula is C13H17NO. The molecule has 0 unspecified atom stereocenters.